The van der Waals surface area contributed by atoms with Gasteiger partial charge < -0.3 is 5.73 Å². The second-order valence-electron chi connectivity index (χ2n) is 3.13. The van der Waals surface area contributed by atoms with E-state index in [9.17, 15) is 4.39 Å². The molecule has 0 aliphatic rings. The van der Waals surface area contributed by atoms with Crippen LogP contribution in [0.4, 0.5) is 4.39 Å². The zero-order chi connectivity index (χ0) is 10.8. The van der Waals surface area contributed by atoms with E-state index in [1.807, 2.05) is 6.92 Å². The molecular weight excluding hydrogens is 215 g/mol. The lowest BCUT2D eigenvalue weighted by Gasteiger charge is -1.95. The van der Waals surface area contributed by atoms with Crippen LogP contribution in [0.2, 0.25) is 0 Å². The molecule has 0 saturated carbocycles. The van der Waals surface area contributed by atoms with Gasteiger partial charge in [-0.25, -0.2) is 4.39 Å². The van der Waals surface area contributed by atoms with Crippen molar-refractivity contribution in [3.8, 4) is 10.6 Å². The van der Waals surface area contributed by atoms with E-state index in [0.29, 0.717) is 10.6 Å². The maximum Gasteiger partial charge on any atom is 0.149 e. The van der Waals surface area contributed by atoms with Crippen LogP contribution in [0.1, 0.15) is 18.0 Å². The van der Waals surface area contributed by atoms with Crippen molar-refractivity contribution >= 4 is 11.3 Å². The second kappa shape index (κ2) is 4.00. The van der Waals surface area contributed by atoms with Crippen LogP contribution in [0.25, 0.3) is 10.6 Å². The summed E-state index contributed by atoms with van der Waals surface area (Å²) in [5.41, 5.74) is 6.28. The van der Waals surface area contributed by atoms with E-state index < -0.39 is 0 Å². The molecule has 0 aromatic carbocycles. The molecule has 6 heteroatoms. The van der Waals surface area contributed by atoms with Crippen LogP contribution < -0.4 is 5.73 Å². The van der Waals surface area contributed by atoms with Gasteiger partial charge in [0.15, 0.2) is 0 Å². The van der Waals surface area contributed by atoms with E-state index in [1.165, 1.54) is 17.4 Å². The molecule has 1 unspecified atom stereocenters. The molecule has 1 atom stereocenters. The number of rotatable bonds is 2. The highest BCUT2D eigenvalue weighted by Crippen LogP contribution is 2.25. The lowest BCUT2D eigenvalue weighted by molar-refractivity contribution is 0.622. The molecule has 78 valence electrons. The maximum absolute atomic E-state index is 12.9. The Balaban J connectivity index is 2.37. The van der Waals surface area contributed by atoms with Crippen LogP contribution in [0.3, 0.4) is 0 Å². The highest BCUT2D eigenvalue weighted by molar-refractivity contribution is 7.14. The quantitative estimate of drug-likeness (QED) is 0.844. The molecular formula is C9H9FN4S. The zero-order valence-corrected chi connectivity index (χ0v) is 8.83. The van der Waals surface area contributed by atoms with Gasteiger partial charge in [0.25, 0.3) is 0 Å². The summed E-state index contributed by atoms with van der Waals surface area (Å²) >= 11 is 1.35. The number of hydrogen-bond acceptors (Lipinski definition) is 5. The number of nitrogens with two attached hydrogens (primary N) is 1. The Morgan fingerprint density at radius 1 is 1.40 bits per heavy atom. The average Bonchev–Trinajstić information content (AvgIpc) is 2.66. The van der Waals surface area contributed by atoms with E-state index >= 15 is 0 Å². The van der Waals surface area contributed by atoms with E-state index in [0.717, 1.165) is 11.2 Å². The van der Waals surface area contributed by atoms with Crippen molar-refractivity contribution in [3.63, 3.8) is 0 Å². The van der Waals surface area contributed by atoms with Crippen molar-refractivity contribution in [1.82, 2.24) is 15.2 Å². The molecule has 2 N–H and O–H groups in total. The molecule has 0 radical (unpaired) electrons. The third kappa shape index (κ3) is 2.16. The van der Waals surface area contributed by atoms with Gasteiger partial charge >= 0.3 is 0 Å². The first-order valence-electron chi connectivity index (χ1n) is 4.36. The monoisotopic (exact) mass is 224 g/mol. The topological polar surface area (TPSA) is 64.7 Å². The van der Waals surface area contributed by atoms with Gasteiger partial charge in [-0.2, -0.15) is 0 Å². The molecule has 0 spiro atoms. The summed E-state index contributed by atoms with van der Waals surface area (Å²) in [6, 6.07) is 1.22. The van der Waals surface area contributed by atoms with E-state index in [4.69, 9.17) is 5.73 Å². The standard InChI is InChI=1S/C9H9FN4S/c1-5(11)8-13-14-9(15-8)6-2-7(10)4-12-3-6/h2-5H,11H2,1H3. The third-order valence-corrected chi connectivity index (χ3v) is 2.96. The summed E-state index contributed by atoms with van der Waals surface area (Å²) in [6.45, 7) is 1.83. The van der Waals surface area contributed by atoms with Gasteiger partial charge in [0, 0.05) is 11.8 Å². The molecule has 2 rings (SSSR count). The van der Waals surface area contributed by atoms with Gasteiger partial charge in [0.2, 0.25) is 0 Å². The summed E-state index contributed by atoms with van der Waals surface area (Å²) in [5, 5.41) is 9.21. The Bertz CT molecular complexity index is 469. The van der Waals surface area contributed by atoms with E-state index in [1.54, 1.807) is 6.20 Å². The molecule has 4 nitrogen and oxygen atoms in total. The summed E-state index contributed by atoms with van der Waals surface area (Å²) < 4.78 is 12.9. The van der Waals surface area contributed by atoms with Gasteiger partial charge in [0.1, 0.15) is 15.8 Å². The fourth-order valence-corrected chi connectivity index (χ4v) is 1.84. The Morgan fingerprint density at radius 2 is 2.20 bits per heavy atom. The molecule has 0 saturated heterocycles. The predicted octanol–water partition coefficient (Wildman–Crippen LogP) is 1.76. The van der Waals surface area contributed by atoms with Crippen LogP contribution in [0, 0.1) is 5.82 Å². The number of nitrogens with zero attached hydrogens (tertiary/aromatic N) is 3. The summed E-state index contributed by atoms with van der Waals surface area (Å²) in [4.78, 5) is 3.75. The smallest absolute Gasteiger partial charge is 0.149 e. The summed E-state index contributed by atoms with van der Waals surface area (Å²) in [6.07, 6.45) is 2.70. The molecule has 2 aromatic rings. The minimum absolute atomic E-state index is 0.155. The minimum atomic E-state index is -0.384. The van der Waals surface area contributed by atoms with Gasteiger partial charge in [0.05, 0.1) is 12.2 Å². The minimum Gasteiger partial charge on any atom is -0.322 e. The van der Waals surface area contributed by atoms with Crippen LogP contribution in [0.15, 0.2) is 18.5 Å². The Kier molecular flexibility index (Phi) is 2.70. The highest BCUT2D eigenvalue weighted by atomic mass is 32.1. The van der Waals surface area contributed by atoms with Crippen LogP contribution in [-0.4, -0.2) is 15.2 Å². The van der Waals surface area contributed by atoms with Crippen molar-refractivity contribution < 1.29 is 4.39 Å². The molecule has 15 heavy (non-hydrogen) atoms. The molecule has 0 aliphatic carbocycles. The van der Waals surface area contributed by atoms with Crippen molar-refractivity contribution in [2.75, 3.05) is 0 Å². The molecule has 0 fully saturated rings. The Morgan fingerprint density at radius 3 is 2.80 bits per heavy atom. The van der Waals surface area contributed by atoms with Crippen molar-refractivity contribution in [3.05, 3.63) is 29.3 Å². The normalized spacial score (nSPS) is 12.7. The second-order valence-corrected chi connectivity index (χ2v) is 4.14. The van der Waals surface area contributed by atoms with Crippen LogP contribution >= 0.6 is 11.3 Å². The van der Waals surface area contributed by atoms with E-state index in [2.05, 4.69) is 15.2 Å². The van der Waals surface area contributed by atoms with Crippen molar-refractivity contribution in [2.24, 2.45) is 5.73 Å². The lowest BCUT2D eigenvalue weighted by atomic mass is 10.3. The van der Waals surface area contributed by atoms with Gasteiger partial charge in [-0.15, -0.1) is 10.2 Å². The fourth-order valence-electron chi connectivity index (χ4n) is 1.06. The average molecular weight is 224 g/mol. The van der Waals surface area contributed by atoms with Crippen LogP contribution in [-0.2, 0) is 0 Å². The largest absolute Gasteiger partial charge is 0.322 e. The fraction of sp³-hybridized carbons (Fsp3) is 0.222. The first kappa shape index (κ1) is 10.1. The molecule has 2 aromatic heterocycles. The SMILES string of the molecule is CC(N)c1nnc(-c2cncc(F)c2)s1. The third-order valence-electron chi connectivity index (χ3n) is 1.78. The summed E-state index contributed by atoms with van der Waals surface area (Å²) in [5.74, 6) is -0.384. The van der Waals surface area contributed by atoms with Gasteiger partial charge in [-0.1, -0.05) is 11.3 Å². The molecule has 2 heterocycles. The van der Waals surface area contributed by atoms with Crippen molar-refractivity contribution in [1.29, 1.82) is 0 Å². The molecule has 0 aliphatic heterocycles. The van der Waals surface area contributed by atoms with Gasteiger partial charge in [-0.3, -0.25) is 4.98 Å². The van der Waals surface area contributed by atoms with Gasteiger partial charge in [-0.05, 0) is 13.0 Å². The predicted molar refractivity (Wildman–Crippen MR) is 55.7 cm³/mol. The Hall–Kier alpha value is -1.40. The number of hydrogen-bond donors (Lipinski definition) is 1. The van der Waals surface area contributed by atoms with E-state index in [-0.39, 0.29) is 11.9 Å². The summed E-state index contributed by atoms with van der Waals surface area (Å²) in [7, 11) is 0. The highest BCUT2D eigenvalue weighted by Gasteiger charge is 2.10. The molecule has 0 amide bonds. The lowest BCUT2D eigenvalue weighted by Crippen LogP contribution is -2.03. The maximum atomic E-state index is 12.9. The number of aromatic nitrogens is 3. The molecule has 0 bridgehead atoms. The first-order chi connectivity index (χ1) is 7.16. The Labute approximate surface area is 90.0 Å². The zero-order valence-electron chi connectivity index (χ0n) is 8.01. The van der Waals surface area contributed by atoms with Crippen LogP contribution in [0.5, 0.6) is 0 Å². The first-order valence-corrected chi connectivity index (χ1v) is 5.18. The number of pyridine rings is 1. The number of halogens is 1. The van der Waals surface area contributed by atoms with Crippen molar-refractivity contribution in [2.45, 2.75) is 13.0 Å².